The smallest absolute Gasteiger partial charge is 0.269 e. The maximum Gasteiger partial charge on any atom is 0.269 e. The van der Waals surface area contributed by atoms with E-state index in [9.17, 15) is 17.6 Å². The Labute approximate surface area is 132 Å². The van der Waals surface area contributed by atoms with E-state index in [4.69, 9.17) is 5.73 Å². The second-order valence-electron chi connectivity index (χ2n) is 5.05. The van der Waals surface area contributed by atoms with Crippen molar-refractivity contribution in [3.63, 3.8) is 0 Å². The number of carbonyl (C=O) groups is 1. The Kier molecular flexibility index (Phi) is 3.65. The summed E-state index contributed by atoms with van der Waals surface area (Å²) in [6, 6.07) is 14.4. The minimum atomic E-state index is -4.02. The SMILES string of the molecule is NC(=O)c1c(F)c2ccccc2n1S(=O)(=O)Cc1ccccc1. The normalized spacial score (nSPS) is 11.7. The van der Waals surface area contributed by atoms with E-state index in [1.165, 1.54) is 12.1 Å². The van der Waals surface area contributed by atoms with Crippen molar-refractivity contribution in [3.8, 4) is 0 Å². The van der Waals surface area contributed by atoms with Gasteiger partial charge in [-0.05, 0) is 17.7 Å². The van der Waals surface area contributed by atoms with Gasteiger partial charge in [-0.25, -0.2) is 16.8 Å². The molecule has 1 aromatic heterocycles. The monoisotopic (exact) mass is 332 g/mol. The third-order valence-electron chi connectivity index (χ3n) is 3.47. The van der Waals surface area contributed by atoms with Crippen molar-refractivity contribution in [1.82, 2.24) is 3.97 Å². The maximum absolute atomic E-state index is 14.4. The van der Waals surface area contributed by atoms with E-state index in [0.717, 1.165) is 0 Å². The summed E-state index contributed by atoms with van der Waals surface area (Å²) in [5, 5.41) is 0.0398. The zero-order valence-corrected chi connectivity index (χ0v) is 12.8. The summed E-state index contributed by atoms with van der Waals surface area (Å²) in [6.07, 6.45) is 0. The number of aromatic nitrogens is 1. The molecular formula is C16H13FN2O3S. The number of para-hydroxylation sites is 1. The fourth-order valence-electron chi connectivity index (χ4n) is 2.52. The Balaban J connectivity index is 2.26. The Morgan fingerprint density at radius 3 is 2.30 bits per heavy atom. The summed E-state index contributed by atoms with van der Waals surface area (Å²) in [4.78, 5) is 11.6. The van der Waals surface area contributed by atoms with E-state index in [-0.39, 0.29) is 16.7 Å². The number of carbonyl (C=O) groups excluding carboxylic acids is 1. The quantitative estimate of drug-likeness (QED) is 0.795. The highest BCUT2D eigenvalue weighted by molar-refractivity contribution is 7.89. The molecule has 3 aromatic rings. The van der Waals surface area contributed by atoms with E-state index in [1.54, 1.807) is 42.5 Å². The Bertz CT molecular complexity index is 995. The largest absolute Gasteiger partial charge is 0.364 e. The zero-order valence-electron chi connectivity index (χ0n) is 11.9. The second-order valence-corrected chi connectivity index (χ2v) is 6.87. The van der Waals surface area contributed by atoms with Crippen LogP contribution in [0.3, 0.4) is 0 Å². The molecule has 7 heteroatoms. The summed E-state index contributed by atoms with van der Waals surface area (Å²) in [5.41, 5.74) is 5.18. The van der Waals surface area contributed by atoms with E-state index >= 15 is 0 Å². The van der Waals surface area contributed by atoms with Crippen molar-refractivity contribution >= 4 is 26.8 Å². The molecule has 0 bridgehead atoms. The number of benzene rings is 2. The van der Waals surface area contributed by atoms with Crippen LogP contribution in [-0.2, 0) is 15.8 Å². The third-order valence-corrected chi connectivity index (χ3v) is 5.11. The average Bonchev–Trinajstić information content (AvgIpc) is 2.82. The van der Waals surface area contributed by atoms with Crippen LogP contribution in [0.5, 0.6) is 0 Å². The van der Waals surface area contributed by atoms with E-state index in [1.807, 2.05) is 0 Å². The van der Waals surface area contributed by atoms with Gasteiger partial charge in [-0.2, -0.15) is 0 Å². The highest BCUT2D eigenvalue weighted by atomic mass is 32.2. The molecule has 0 radical (unpaired) electrons. The minimum Gasteiger partial charge on any atom is -0.364 e. The van der Waals surface area contributed by atoms with Gasteiger partial charge >= 0.3 is 0 Å². The average molecular weight is 332 g/mol. The first kappa shape index (κ1) is 15.2. The predicted molar refractivity (Wildman–Crippen MR) is 84.9 cm³/mol. The molecule has 0 spiro atoms. The van der Waals surface area contributed by atoms with Crippen LogP contribution in [0.4, 0.5) is 4.39 Å². The van der Waals surface area contributed by atoms with Crippen LogP contribution >= 0.6 is 0 Å². The van der Waals surface area contributed by atoms with Crippen LogP contribution < -0.4 is 5.73 Å². The Morgan fingerprint density at radius 1 is 1.04 bits per heavy atom. The van der Waals surface area contributed by atoms with E-state index < -0.39 is 27.4 Å². The van der Waals surface area contributed by atoms with Crippen LogP contribution in [0.2, 0.25) is 0 Å². The number of halogens is 1. The van der Waals surface area contributed by atoms with Gasteiger partial charge in [0.1, 0.15) is 0 Å². The van der Waals surface area contributed by atoms with Crippen LogP contribution in [0.25, 0.3) is 10.9 Å². The van der Waals surface area contributed by atoms with Crippen molar-refractivity contribution in [2.24, 2.45) is 5.73 Å². The summed E-state index contributed by atoms with van der Waals surface area (Å²) >= 11 is 0. The minimum absolute atomic E-state index is 0.0398. The molecule has 0 atom stereocenters. The molecule has 3 rings (SSSR count). The first-order valence-corrected chi connectivity index (χ1v) is 8.38. The predicted octanol–water partition coefficient (Wildman–Crippen LogP) is 2.26. The van der Waals surface area contributed by atoms with Crippen molar-refractivity contribution in [1.29, 1.82) is 0 Å². The topological polar surface area (TPSA) is 82.2 Å². The maximum atomic E-state index is 14.4. The molecular weight excluding hydrogens is 319 g/mol. The number of hydrogen-bond acceptors (Lipinski definition) is 3. The molecule has 1 amide bonds. The lowest BCUT2D eigenvalue weighted by Crippen LogP contribution is -2.24. The molecule has 0 aliphatic heterocycles. The third kappa shape index (κ3) is 2.59. The van der Waals surface area contributed by atoms with Gasteiger partial charge in [-0.15, -0.1) is 0 Å². The van der Waals surface area contributed by atoms with Crippen molar-refractivity contribution in [3.05, 3.63) is 71.7 Å². The number of nitrogens with two attached hydrogens (primary N) is 1. The number of hydrogen-bond donors (Lipinski definition) is 1. The van der Waals surface area contributed by atoms with Gasteiger partial charge in [0.05, 0.1) is 11.3 Å². The summed E-state index contributed by atoms with van der Waals surface area (Å²) in [5.74, 6) is -2.42. The molecule has 1 heterocycles. The van der Waals surface area contributed by atoms with Gasteiger partial charge < -0.3 is 5.73 Å². The standard InChI is InChI=1S/C16H13FN2O3S/c17-14-12-8-4-5-9-13(12)19(15(14)16(18)20)23(21,22)10-11-6-2-1-3-7-11/h1-9H,10H2,(H2,18,20). The first-order valence-electron chi connectivity index (χ1n) is 6.78. The van der Waals surface area contributed by atoms with E-state index in [0.29, 0.717) is 9.54 Å². The highest BCUT2D eigenvalue weighted by Gasteiger charge is 2.28. The van der Waals surface area contributed by atoms with Crippen LogP contribution in [0.1, 0.15) is 16.1 Å². The number of primary amides is 1. The number of rotatable bonds is 4. The van der Waals surface area contributed by atoms with Gasteiger partial charge in [0, 0.05) is 5.39 Å². The second kappa shape index (κ2) is 5.51. The van der Waals surface area contributed by atoms with Crippen LogP contribution in [0.15, 0.2) is 54.6 Å². The molecule has 2 N–H and O–H groups in total. The van der Waals surface area contributed by atoms with Gasteiger partial charge in [-0.1, -0.05) is 42.5 Å². The molecule has 118 valence electrons. The molecule has 0 unspecified atom stereocenters. The van der Waals surface area contributed by atoms with Crippen molar-refractivity contribution in [2.75, 3.05) is 0 Å². The number of fused-ring (bicyclic) bond motifs is 1. The molecule has 0 saturated heterocycles. The van der Waals surface area contributed by atoms with Crippen LogP contribution in [0, 0.1) is 5.82 Å². The molecule has 0 aliphatic carbocycles. The molecule has 0 saturated carbocycles. The van der Waals surface area contributed by atoms with E-state index in [2.05, 4.69) is 0 Å². The fourth-order valence-corrected chi connectivity index (χ4v) is 4.17. The van der Waals surface area contributed by atoms with Crippen LogP contribution in [-0.4, -0.2) is 18.3 Å². The van der Waals surface area contributed by atoms with Gasteiger partial charge in [0.2, 0.25) is 10.0 Å². The lowest BCUT2D eigenvalue weighted by molar-refractivity contribution is 0.0991. The summed E-state index contributed by atoms with van der Waals surface area (Å²) < 4.78 is 40.6. The number of amides is 1. The molecule has 5 nitrogen and oxygen atoms in total. The lowest BCUT2D eigenvalue weighted by Gasteiger charge is -2.10. The summed E-state index contributed by atoms with van der Waals surface area (Å²) in [6.45, 7) is 0. The molecule has 0 aliphatic rings. The molecule has 0 fully saturated rings. The van der Waals surface area contributed by atoms with Gasteiger partial charge in [0.15, 0.2) is 11.5 Å². The lowest BCUT2D eigenvalue weighted by atomic mass is 10.2. The Morgan fingerprint density at radius 2 is 1.65 bits per heavy atom. The molecule has 2 aromatic carbocycles. The highest BCUT2D eigenvalue weighted by Crippen LogP contribution is 2.27. The van der Waals surface area contributed by atoms with Crippen molar-refractivity contribution in [2.45, 2.75) is 5.75 Å². The Hall–Kier alpha value is -2.67. The van der Waals surface area contributed by atoms with Crippen molar-refractivity contribution < 1.29 is 17.6 Å². The fraction of sp³-hybridized carbons (Fsp3) is 0.0625. The number of nitrogens with zero attached hydrogens (tertiary/aromatic N) is 1. The summed E-state index contributed by atoms with van der Waals surface area (Å²) in [7, 11) is -4.02. The zero-order chi connectivity index (χ0) is 16.6. The van der Waals surface area contributed by atoms with Gasteiger partial charge in [0.25, 0.3) is 5.91 Å². The molecule has 23 heavy (non-hydrogen) atoms. The van der Waals surface area contributed by atoms with Gasteiger partial charge in [-0.3, -0.25) is 4.79 Å². The first-order chi connectivity index (χ1) is 10.9.